The molecular weight excluding hydrogens is 348 g/mol. The second kappa shape index (κ2) is 6.11. The summed E-state index contributed by atoms with van der Waals surface area (Å²) in [5.74, 6) is -1.90. The van der Waals surface area contributed by atoms with Gasteiger partial charge in [-0.1, -0.05) is 23.7 Å². The van der Waals surface area contributed by atoms with Crippen molar-refractivity contribution in [3.63, 3.8) is 0 Å². The van der Waals surface area contributed by atoms with Crippen LogP contribution in [0.15, 0.2) is 36.4 Å². The zero-order valence-corrected chi connectivity index (χ0v) is 13.9. The van der Waals surface area contributed by atoms with Gasteiger partial charge in [-0.2, -0.15) is 0 Å². The molecule has 0 radical (unpaired) electrons. The van der Waals surface area contributed by atoms with Crippen molar-refractivity contribution in [2.24, 2.45) is 0 Å². The van der Waals surface area contributed by atoms with Crippen LogP contribution in [0, 0.1) is 11.6 Å². The molecule has 2 aromatic carbocycles. The monoisotopic (exact) mass is 361 g/mol. The lowest BCUT2D eigenvalue weighted by atomic mass is 10.1. The number of fused-ring (bicyclic) bond motifs is 1. The SMILES string of the molecule is O=C(c1cc(F)c(F)cc1Cl)N1CCCC1c1nc2ccccc2[nH]1. The molecule has 1 aliphatic heterocycles. The second-order valence-corrected chi connectivity index (χ2v) is 6.45. The Hall–Kier alpha value is -2.47. The minimum Gasteiger partial charge on any atom is -0.340 e. The van der Waals surface area contributed by atoms with Crippen molar-refractivity contribution >= 4 is 28.5 Å². The number of nitrogens with one attached hydrogen (secondary N) is 1. The molecule has 25 heavy (non-hydrogen) atoms. The van der Waals surface area contributed by atoms with Gasteiger partial charge >= 0.3 is 0 Å². The summed E-state index contributed by atoms with van der Waals surface area (Å²) in [7, 11) is 0. The maximum Gasteiger partial charge on any atom is 0.256 e. The molecule has 1 fully saturated rings. The molecule has 1 unspecified atom stereocenters. The Morgan fingerprint density at radius 1 is 1.24 bits per heavy atom. The molecule has 2 heterocycles. The largest absolute Gasteiger partial charge is 0.340 e. The number of H-pyrrole nitrogens is 1. The Labute approximate surface area is 147 Å². The second-order valence-electron chi connectivity index (χ2n) is 6.04. The third kappa shape index (κ3) is 2.76. The van der Waals surface area contributed by atoms with Crippen LogP contribution < -0.4 is 0 Å². The van der Waals surface area contributed by atoms with Crippen molar-refractivity contribution in [1.29, 1.82) is 0 Å². The van der Waals surface area contributed by atoms with E-state index < -0.39 is 17.5 Å². The highest BCUT2D eigenvalue weighted by Gasteiger charge is 2.33. The number of benzene rings is 2. The molecule has 1 amide bonds. The average Bonchev–Trinajstić information content (AvgIpc) is 3.23. The predicted molar refractivity (Wildman–Crippen MR) is 90.5 cm³/mol. The van der Waals surface area contributed by atoms with Crippen molar-refractivity contribution in [2.75, 3.05) is 6.54 Å². The third-order valence-corrected chi connectivity index (χ3v) is 4.79. The van der Waals surface area contributed by atoms with E-state index in [0.29, 0.717) is 12.4 Å². The van der Waals surface area contributed by atoms with E-state index in [1.807, 2.05) is 24.3 Å². The smallest absolute Gasteiger partial charge is 0.256 e. The van der Waals surface area contributed by atoms with E-state index in [2.05, 4.69) is 9.97 Å². The van der Waals surface area contributed by atoms with Gasteiger partial charge < -0.3 is 9.88 Å². The van der Waals surface area contributed by atoms with Gasteiger partial charge in [-0.15, -0.1) is 0 Å². The van der Waals surface area contributed by atoms with E-state index in [4.69, 9.17) is 11.6 Å². The lowest BCUT2D eigenvalue weighted by molar-refractivity contribution is 0.0730. The number of halogens is 3. The standard InChI is InChI=1S/C18H14ClF2N3O/c19-11-9-13(21)12(20)8-10(11)18(25)24-7-3-6-16(24)17-22-14-4-1-2-5-15(14)23-17/h1-2,4-5,8-9,16H,3,6-7H2,(H,22,23). The molecule has 3 aromatic rings. The molecular formula is C18H14ClF2N3O. The van der Waals surface area contributed by atoms with Crippen LogP contribution in [0.5, 0.6) is 0 Å². The topological polar surface area (TPSA) is 49.0 Å². The number of rotatable bonds is 2. The van der Waals surface area contributed by atoms with Crippen LogP contribution in [0.1, 0.15) is 35.1 Å². The Bertz CT molecular complexity index is 939. The number of hydrogen-bond donors (Lipinski definition) is 1. The summed E-state index contributed by atoms with van der Waals surface area (Å²) in [5.41, 5.74) is 1.67. The van der Waals surface area contributed by atoms with Crippen molar-refractivity contribution in [3.8, 4) is 0 Å². The van der Waals surface area contributed by atoms with Crippen LogP contribution in [0.25, 0.3) is 11.0 Å². The molecule has 1 aliphatic rings. The molecule has 1 atom stereocenters. The summed E-state index contributed by atoms with van der Waals surface area (Å²) in [6, 6.07) is 9.05. The molecule has 1 saturated heterocycles. The molecule has 4 nitrogen and oxygen atoms in total. The van der Waals surface area contributed by atoms with E-state index >= 15 is 0 Å². The lowest BCUT2D eigenvalue weighted by Crippen LogP contribution is -2.31. The van der Waals surface area contributed by atoms with Gasteiger partial charge in [-0.05, 0) is 37.1 Å². The summed E-state index contributed by atoms with van der Waals surface area (Å²) in [6.45, 7) is 0.510. The van der Waals surface area contributed by atoms with Crippen molar-refractivity contribution in [3.05, 3.63) is 64.4 Å². The number of imidazole rings is 1. The number of aromatic amines is 1. The zero-order chi connectivity index (χ0) is 17.6. The normalized spacial score (nSPS) is 17.4. The molecule has 0 spiro atoms. The van der Waals surface area contributed by atoms with Gasteiger partial charge in [0.05, 0.1) is 27.7 Å². The van der Waals surface area contributed by atoms with Crippen LogP contribution in [0.2, 0.25) is 5.02 Å². The van der Waals surface area contributed by atoms with E-state index in [0.717, 1.165) is 36.0 Å². The van der Waals surface area contributed by atoms with Crippen LogP contribution in [0.4, 0.5) is 8.78 Å². The van der Waals surface area contributed by atoms with Gasteiger partial charge in [0.25, 0.3) is 5.91 Å². The molecule has 1 N–H and O–H groups in total. The fourth-order valence-electron chi connectivity index (χ4n) is 3.27. The van der Waals surface area contributed by atoms with Crippen LogP contribution >= 0.6 is 11.6 Å². The van der Waals surface area contributed by atoms with Crippen LogP contribution in [0.3, 0.4) is 0 Å². The number of likely N-dealkylation sites (tertiary alicyclic amines) is 1. The predicted octanol–water partition coefficient (Wildman–Crippen LogP) is 4.47. The summed E-state index contributed by atoms with van der Waals surface area (Å²) in [4.78, 5) is 22.2. The number of hydrogen-bond acceptors (Lipinski definition) is 2. The zero-order valence-electron chi connectivity index (χ0n) is 13.1. The molecule has 4 rings (SSSR count). The average molecular weight is 362 g/mol. The molecule has 0 saturated carbocycles. The van der Waals surface area contributed by atoms with Gasteiger partial charge in [0.1, 0.15) is 5.82 Å². The maximum atomic E-state index is 13.5. The van der Waals surface area contributed by atoms with E-state index in [9.17, 15) is 13.6 Å². The third-order valence-electron chi connectivity index (χ3n) is 4.48. The Morgan fingerprint density at radius 2 is 2.00 bits per heavy atom. The van der Waals surface area contributed by atoms with E-state index in [-0.39, 0.29) is 16.6 Å². The highest BCUT2D eigenvalue weighted by Crippen LogP contribution is 2.34. The lowest BCUT2D eigenvalue weighted by Gasteiger charge is -2.23. The highest BCUT2D eigenvalue weighted by molar-refractivity contribution is 6.33. The number of carbonyl (C=O) groups is 1. The van der Waals surface area contributed by atoms with Crippen LogP contribution in [-0.2, 0) is 0 Å². The Balaban J connectivity index is 1.69. The van der Waals surface area contributed by atoms with Crippen molar-refractivity contribution < 1.29 is 13.6 Å². The quantitative estimate of drug-likeness (QED) is 0.684. The summed E-state index contributed by atoms with van der Waals surface area (Å²) >= 11 is 5.96. The first-order chi connectivity index (χ1) is 12.0. The number of para-hydroxylation sites is 2. The van der Waals surface area contributed by atoms with Gasteiger partial charge in [0, 0.05) is 6.54 Å². The first kappa shape index (κ1) is 16.0. The summed E-state index contributed by atoms with van der Waals surface area (Å²) in [6.07, 6.45) is 1.54. The minimum atomic E-state index is -1.09. The first-order valence-corrected chi connectivity index (χ1v) is 8.32. The van der Waals surface area contributed by atoms with Gasteiger partial charge in [0.15, 0.2) is 11.6 Å². The fraction of sp³-hybridized carbons (Fsp3) is 0.222. The van der Waals surface area contributed by atoms with Gasteiger partial charge in [0.2, 0.25) is 0 Å². The number of amides is 1. The Kier molecular flexibility index (Phi) is 3.92. The van der Waals surface area contributed by atoms with E-state index in [1.54, 1.807) is 4.90 Å². The number of nitrogens with zero attached hydrogens (tertiary/aromatic N) is 2. The van der Waals surface area contributed by atoms with Crippen molar-refractivity contribution in [2.45, 2.75) is 18.9 Å². The fourth-order valence-corrected chi connectivity index (χ4v) is 3.50. The van der Waals surface area contributed by atoms with Gasteiger partial charge in [-0.3, -0.25) is 4.79 Å². The number of carbonyl (C=O) groups excluding carboxylic acids is 1. The molecule has 128 valence electrons. The summed E-state index contributed by atoms with van der Waals surface area (Å²) in [5, 5.41) is -0.0980. The maximum absolute atomic E-state index is 13.5. The van der Waals surface area contributed by atoms with Crippen molar-refractivity contribution in [1.82, 2.24) is 14.9 Å². The summed E-state index contributed by atoms with van der Waals surface area (Å²) < 4.78 is 26.8. The molecule has 0 bridgehead atoms. The first-order valence-electron chi connectivity index (χ1n) is 7.95. The molecule has 0 aliphatic carbocycles. The number of aromatic nitrogens is 2. The van der Waals surface area contributed by atoms with Gasteiger partial charge in [-0.25, -0.2) is 13.8 Å². The molecule has 1 aromatic heterocycles. The van der Waals surface area contributed by atoms with Crippen LogP contribution in [-0.4, -0.2) is 27.3 Å². The molecule has 7 heteroatoms. The minimum absolute atomic E-state index is 0.0384. The van der Waals surface area contributed by atoms with E-state index in [1.165, 1.54) is 0 Å². The highest BCUT2D eigenvalue weighted by atomic mass is 35.5. The Morgan fingerprint density at radius 3 is 2.80 bits per heavy atom.